The summed E-state index contributed by atoms with van der Waals surface area (Å²) in [5.74, 6) is -0.204. The van der Waals surface area contributed by atoms with Crippen molar-refractivity contribution >= 4 is 11.6 Å². The predicted molar refractivity (Wildman–Crippen MR) is 67.2 cm³/mol. The Balaban J connectivity index is 2.63. The maximum atomic E-state index is 13.4. The molecule has 0 aromatic heterocycles. The Bertz CT molecular complexity index is 350. The number of benzene rings is 1. The van der Waals surface area contributed by atoms with Gasteiger partial charge >= 0.3 is 0 Å². The maximum absolute atomic E-state index is 13.4. The number of rotatable bonds is 5. The van der Waals surface area contributed by atoms with Gasteiger partial charge in [-0.3, -0.25) is 0 Å². The van der Waals surface area contributed by atoms with Crippen LogP contribution in [0.2, 0.25) is 5.02 Å². The van der Waals surface area contributed by atoms with Crippen LogP contribution in [0.3, 0.4) is 0 Å². The van der Waals surface area contributed by atoms with Gasteiger partial charge in [-0.05, 0) is 38.5 Å². The number of hydrogen-bond acceptors (Lipinski definition) is 1. The Hall–Kier alpha value is -0.600. The van der Waals surface area contributed by atoms with Gasteiger partial charge < -0.3 is 5.32 Å². The summed E-state index contributed by atoms with van der Waals surface area (Å²) in [6.45, 7) is 6.90. The molecular weight excluding hydrogens is 225 g/mol. The van der Waals surface area contributed by atoms with E-state index in [0.29, 0.717) is 17.1 Å². The van der Waals surface area contributed by atoms with Crippen molar-refractivity contribution in [3.63, 3.8) is 0 Å². The average Bonchev–Trinajstić information content (AvgIpc) is 2.19. The van der Waals surface area contributed by atoms with E-state index in [4.69, 9.17) is 11.6 Å². The van der Waals surface area contributed by atoms with Gasteiger partial charge in [-0.2, -0.15) is 0 Å². The molecule has 0 saturated heterocycles. The minimum Gasteiger partial charge on any atom is -0.308 e. The van der Waals surface area contributed by atoms with Gasteiger partial charge in [-0.15, -0.1) is 0 Å². The molecule has 0 fully saturated rings. The van der Waals surface area contributed by atoms with Gasteiger partial charge in [0.2, 0.25) is 0 Å². The third-order valence-corrected chi connectivity index (χ3v) is 2.88. The summed E-state index contributed by atoms with van der Waals surface area (Å²) < 4.78 is 13.4. The Kier molecular flexibility index (Phi) is 4.75. The molecule has 3 heteroatoms. The molecule has 0 bridgehead atoms. The molecule has 0 saturated carbocycles. The molecule has 0 spiro atoms. The summed E-state index contributed by atoms with van der Waals surface area (Å²) >= 11 is 5.83. The summed E-state index contributed by atoms with van der Waals surface area (Å²) in [6.07, 6.45) is 2.17. The third kappa shape index (κ3) is 4.11. The lowest BCUT2D eigenvalue weighted by molar-refractivity contribution is 0.354. The fourth-order valence-electron chi connectivity index (χ4n) is 1.73. The second kappa shape index (κ2) is 5.65. The Morgan fingerprint density at radius 2 is 2.06 bits per heavy atom. The van der Waals surface area contributed by atoms with Gasteiger partial charge in [-0.25, -0.2) is 4.39 Å². The van der Waals surface area contributed by atoms with Crippen molar-refractivity contribution < 1.29 is 4.39 Å². The van der Waals surface area contributed by atoms with Gasteiger partial charge in [-0.1, -0.05) is 24.9 Å². The molecule has 0 atom stereocenters. The highest BCUT2D eigenvalue weighted by Crippen LogP contribution is 2.17. The van der Waals surface area contributed by atoms with E-state index in [9.17, 15) is 4.39 Å². The van der Waals surface area contributed by atoms with Crippen LogP contribution in [0.15, 0.2) is 18.2 Å². The van der Waals surface area contributed by atoms with Crippen molar-refractivity contribution in [3.8, 4) is 0 Å². The van der Waals surface area contributed by atoms with Gasteiger partial charge in [0.05, 0.1) is 0 Å². The quantitative estimate of drug-likeness (QED) is 0.819. The average molecular weight is 244 g/mol. The zero-order chi connectivity index (χ0) is 12.2. The van der Waals surface area contributed by atoms with Gasteiger partial charge in [0.1, 0.15) is 5.82 Å². The van der Waals surface area contributed by atoms with Crippen LogP contribution in [-0.2, 0) is 6.54 Å². The molecule has 0 aliphatic heterocycles. The zero-order valence-electron chi connectivity index (χ0n) is 10.1. The van der Waals surface area contributed by atoms with E-state index in [1.165, 1.54) is 6.07 Å². The van der Waals surface area contributed by atoms with E-state index in [1.54, 1.807) is 12.1 Å². The smallest absolute Gasteiger partial charge is 0.127 e. The van der Waals surface area contributed by atoms with Crippen LogP contribution in [0.25, 0.3) is 0 Å². The molecule has 90 valence electrons. The van der Waals surface area contributed by atoms with Crippen LogP contribution in [0.5, 0.6) is 0 Å². The van der Waals surface area contributed by atoms with E-state index in [0.717, 1.165) is 12.8 Å². The normalized spacial score (nSPS) is 11.8. The summed E-state index contributed by atoms with van der Waals surface area (Å²) in [5.41, 5.74) is 0.653. The molecular formula is C13H19ClFN. The topological polar surface area (TPSA) is 12.0 Å². The number of nitrogens with one attached hydrogen (secondary N) is 1. The first-order valence-electron chi connectivity index (χ1n) is 5.63. The molecule has 0 heterocycles. The zero-order valence-corrected chi connectivity index (χ0v) is 10.9. The van der Waals surface area contributed by atoms with Crippen molar-refractivity contribution in [1.82, 2.24) is 5.32 Å². The fraction of sp³-hybridized carbons (Fsp3) is 0.538. The molecule has 1 aromatic carbocycles. The number of hydrogen-bond donors (Lipinski definition) is 1. The van der Waals surface area contributed by atoms with E-state index >= 15 is 0 Å². The van der Waals surface area contributed by atoms with Crippen molar-refractivity contribution in [1.29, 1.82) is 0 Å². The second-order valence-electron chi connectivity index (χ2n) is 4.72. The predicted octanol–water partition coefficient (Wildman–Crippen LogP) is 4.15. The van der Waals surface area contributed by atoms with Crippen molar-refractivity contribution in [2.45, 2.75) is 45.7 Å². The van der Waals surface area contributed by atoms with Gasteiger partial charge in [0.15, 0.2) is 0 Å². The van der Waals surface area contributed by atoms with Crippen LogP contribution >= 0.6 is 11.6 Å². The Morgan fingerprint density at radius 1 is 1.38 bits per heavy atom. The van der Waals surface area contributed by atoms with Crippen LogP contribution < -0.4 is 5.32 Å². The molecule has 1 aromatic rings. The second-order valence-corrected chi connectivity index (χ2v) is 5.16. The SMILES string of the molecule is CCCC(C)(C)NCc1cc(Cl)ccc1F. The van der Waals surface area contributed by atoms with Gasteiger partial charge in [0, 0.05) is 22.7 Å². The lowest BCUT2D eigenvalue weighted by Crippen LogP contribution is -2.38. The largest absolute Gasteiger partial charge is 0.308 e. The Morgan fingerprint density at radius 3 is 2.69 bits per heavy atom. The summed E-state index contributed by atoms with van der Waals surface area (Å²) in [6, 6.07) is 4.65. The molecule has 1 rings (SSSR count). The van der Waals surface area contributed by atoms with E-state index in [2.05, 4.69) is 26.1 Å². The van der Waals surface area contributed by atoms with Crippen LogP contribution in [0, 0.1) is 5.82 Å². The minimum atomic E-state index is -0.204. The molecule has 0 aliphatic rings. The summed E-state index contributed by atoms with van der Waals surface area (Å²) in [7, 11) is 0. The van der Waals surface area contributed by atoms with E-state index in [1.807, 2.05) is 0 Å². The van der Waals surface area contributed by atoms with Crippen LogP contribution in [0.4, 0.5) is 4.39 Å². The van der Waals surface area contributed by atoms with Gasteiger partial charge in [0.25, 0.3) is 0 Å². The summed E-state index contributed by atoms with van der Waals surface area (Å²) in [5, 5.41) is 3.92. The number of halogens is 2. The molecule has 0 radical (unpaired) electrons. The molecule has 16 heavy (non-hydrogen) atoms. The van der Waals surface area contributed by atoms with E-state index in [-0.39, 0.29) is 11.4 Å². The first kappa shape index (κ1) is 13.5. The van der Waals surface area contributed by atoms with Crippen LogP contribution in [0.1, 0.15) is 39.2 Å². The monoisotopic (exact) mass is 243 g/mol. The van der Waals surface area contributed by atoms with Crippen molar-refractivity contribution in [3.05, 3.63) is 34.6 Å². The van der Waals surface area contributed by atoms with Crippen molar-refractivity contribution in [2.75, 3.05) is 0 Å². The molecule has 1 nitrogen and oxygen atoms in total. The highest BCUT2D eigenvalue weighted by atomic mass is 35.5. The van der Waals surface area contributed by atoms with Crippen molar-refractivity contribution in [2.24, 2.45) is 0 Å². The first-order valence-corrected chi connectivity index (χ1v) is 6.01. The molecule has 1 N–H and O–H groups in total. The van der Waals surface area contributed by atoms with Crippen LogP contribution in [-0.4, -0.2) is 5.54 Å². The highest BCUT2D eigenvalue weighted by molar-refractivity contribution is 6.30. The lowest BCUT2D eigenvalue weighted by Gasteiger charge is -2.26. The minimum absolute atomic E-state index is 0.0313. The van der Waals surface area contributed by atoms with E-state index < -0.39 is 0 Å². The first-order chi connectivity index (χ1) is 7.44. The standard InChI is InChI=1S/C13H19ClFN/c1-4-7-13(2,3)16-9-10-8-11(14)5-6-12(10)15/h5-6,8,16H,4,7,9H2,1-3H3. The third-order valence-electron chi connectivity index (χ3n) is 2.64. The maximum Gasteiger partial charge on any atom is 0.127 e. The highest BCUT2D eigenvalue weighted by Gasteiger charge is 2.16. The Labute approximate surface area is 102 Å². The molecule has 0 unspecified atom stereocenters. The fourth-order valence-corrected chi connectivity index (χ4v) is 1.92. The molecule has 0 amide bonds. The lowest BCUT2D eigenvalue weighted by atomic mass is 9.98. The summed E-state index contributed by atoms with van der Waals surface area (Å²) in [4.78, 5) is 0. The molecule has 0 aliphatic carbocycles.